The number of hydrogen-bond acceptors (Lipinski definition) is 4. The fraction of sp³-hybridized carbons (Fsp3) is 1.00. The van der Waals surface area contributed by atoms with Crippen molar-refractivity contribution in [3.63, 3.8) is 0 Å². The van der Waals surface area contributed by atoms with E-state index < -0.39 is 0 Å². The fourth-order valence-electron chi connectivity index (χ4n) is 2.40. The van der Waals surface area contributed by atoms with Crippen LogP contribution in [0.25, 0.3) is 0 Å². The van der Waals surface area contributed by atoms with E-state index in [1.807, 2.05) is 0 Å². The van der Waals surface area contributed by atoms with E-state index in [1.54, 1.807) is 0 Å². The van der Waals surface area contributed by atoms with Crippen LogP contribution in [-0.4, -0.2) is 48.2 Å². The monoisotopic (exact) mass is 215 g/mol. The third-order valence-corrected chi connectivity index (χ3v) is 3.54. The Bertz CT molecular complexity index is 192. The summed E-state index contributed by atoms with van der Waals surface area (Å²) in [5, 5.41) is 22.3. The van der Waals surface area contributed by atoms with Crippen LogP contribution in [0.15, 0.2) is 0 Å². The number of aliphatic hydroxyl groups is 2. The highest BCUT2D eigenvalue weighted by Gasteiger charge is 2.27. The van der Waals surface area contributed by atoms with Crippen LogP contribution in [0.2, 0.25) is 0 Å². The molecule has 15 heavy (non-hydrogen) atoms. The van der Waals surface area contributed by atoms with Crippen LogP contribution in [0.5, 0.6) is 0 Å². The van der Waals surface area contributed by atoms with Crippen LogP contribution in [0, 0.1) is 5.92 Å². The van der Waals surface area contributed by atoms with Crippen LogP contribution in [-0.2, 0) is 4.74 Å². The van der Waals surface area contributed by atoms with Crippen LogP contribution < -0.4 is 5.32 Å². The molecule has 0 amide bonds. The van der Waals surface area contributed by atoms with E-state index in [2.05, 4.69) is 5.32 Å². The van der Waals surface area contributed by atoms with Gasteiger partial charge >= 0.3 is 0 Å². The van der Waals surface area contributed by atoms with Gasteiger partial charge in [0.15, 0.2) is 0 Å². The van der Waals surface area contributed by atoms with E-state index in [-0.39, 0.29) is 18.2 Å². The summed E-state index contributed by atoms with van der Waals surface area (Å²) in [6.45, 7) is 2.02. The summed E-state index contributed by atoms with van der Waals surface area (Å²) in [4.78, 5) is 0. The molecule has 1 saturated carbocycles. The standard InChI is InChI=1S/C11H21NO3/c13-9-3-1-8(2-4-9)5-12-10-6-15-7-11(10)14/h8-14H,1-7H2. The molecule has 0 aromatic heterocycles. The van der Waals surface area contributed by atoms with Gasteiger partial charge in [-0.3, -0.25) is 0 Å². The highest BCUT2D eigenvalue weighted by Crippen LogP contribution is 2.23. The van der Waals surface area contributed by atoms with Crippen LogP contribution in [0.1, 0.15) is 25.7 Å². The highest BCUT2D eigenvalue weighted by atomic mass is 16.5. The molecule has 0 bridgehead atoms. The highest BCUT2D eigenvalue weighted by molar-refractivity contribution is 4.82. The van der Waals surface area contributed by atoms with Gasteiger partial charge in [-0.1, -0.05) is 0 Å². The number of aliphatic hydroxyl groups excluding tert-OH is 2. The first kappa shape index (κ1) is 11.3. The molecule has 1 saturated heterocycles. The van der Waals surface area contributed by atoms with E-state index in [4.69, 9.17) is 4.74 Å². The van der Waals surface area contributed by atoms with E-state index in [9.17, 15) is 10.2 Å². The van der Waals surface area contributed by atoms with Crippen molar-refractivity contribution in [1.29, 1.82) is 0 Å². The molecule has 1 aliphatic heterocycles. The van der Waals surface area contributed by atoms with Crippen molar-refractivity contribution < 1.29 is 14.9 Å². The van der Waals surface area contributed by atoms with Gasteiger partial charge in [0.2, 0.25) is 0 Å². The Hall–Kier alpha value is -0.160. The Morgan fingerprint density at radius 2 is 1.80 bits per heavy atom. The lowest BCUT2D eigenvalue weighted by atomic mass is 9.87. The molecule has 2 rings (SSSR count). The quantitative estimate of drug-likeness (QED) is 0.614. The van der Waals surface area contributed by atoms with Gasteiger partial charge in [-0.15, -0.1) is 0 Å². The van der Waals surface area contributed by atoms with Crippen LogP contribution >= 0.6 is 0 Å². The lowest BCUT2D eigenvalue weighted by molar-refractivity contribution is 0.103. The van der Waals surface area contributed by atoms with E-state index in [0.717, 1.165) is 32.2 Å². The molecule has 2 aliphatic rings. The predicted molar refractivity (Wildman–Crippen MR) is 56.6 cm³/mol. The van der Waals surface area contributed by atoms with Gasteiger partial charge in [-0.05, 0) is 38.1 Å². The molecule has 0 radical (unpaired) electrons. The largest absolute Gasteiger partial charge is 0.393 e. The topological polar surface area (TPSA) is 61.7 Å². The number of ether oxygens (including phenoxy) is 1. The number of hydrogen-bond donors (Lipinski definition) is 3. The Kier molecular flexibility index (Phi) is 3.97. The van der Waals surface area contributed by atoms with Crippen molar-refractivity contribution in [3.05, 3.63) is 0 Å². The Morgan fingerprint density at radius 3 is 2.40 bits per heavy atom. The molecule has 0 aromatic carbocycles. The smallest absolute Gasteiger partial charge is 0.0948 e. The number of rotatable bonds is 3. The third-order valence-electron chi connectivity index (χ3n) is 3.54. The first-order chi connectivity index (χ1) is 7.25. The molecular weight excluding hydrogens is 194 g/mol. The lowest BCUT2D eigenvalue weighted by Gasteiger charge is -2.27. The van der Waals surface area contributed by atoms with Crippen molar-refractivity contribution in [1.82, 2.24) is 5.32 Å². The first-order valence-corrected chi connectivity index (χ1v) is 5.93. The summed E-state index contributed by atoms with van der Waals surface area (Å²) in [7, 11) is 0. The van der Waals surface area contributed by atoms with Crippen molar-refractivity contribution in [2.24, 2.45) is 5.92 Å². The zero-order valence-corrected chi connectivity index (χ0v) is 9.06. The lowest BCUT2D eigenvalue weighted by Crippen LogP contribution is -2.42. The minimum Gasteiger partial charge on any atom is -0.393 e. The van der Waals surface area contributed by atoms with Crippen molar-refractivity contribution >= 4 is 0 Å². The molecule has 1 heterocycles. The molecule has 1 aliphatic carbocycles. The van der Waals surface area contributed by atoms with Crippen LogP contribution in [0.4, 0.5) is 0 Å². The van der Waals surface area contributed by atoms with Crippen molar-refractivity contribution in [2.45, 2.75) is 43.9 Å². The Labute approximate surface area is 90.6 Å². The van der Waals surface area contributed by atoms with Crippen molar-refractivity contribution in [3.8, 4) is 0 Å². The van der Waals surface area contributed by atoms with Gasteiger partial charge in [0, 0.05) is 0 Å². The summed E-state index contributed by atoms with van der Waals surface area (Å²) in [6.07, 6.45) is 3.61. The van der Waals surface area contributed by atoms with Gasteiger partial charge in [0.25, 0.3) is 0 Å². The molecule has 2 unspecified atom stereocenters. The van der Waals surface area contributed by atoms with Crippen LogP contribution in [0.3, 0.4) is 0 Å². The SMILES string of the molecule is OC1CCC(CNC2COCC2O)CC1. The maximum absolute atomic E-state index is 9.53. The first-order valence-electron chi connectivity index (χ1n) is 5.93. The molecular formula is C11H21NO3. The summed E-state index contributed by atoms with van der Waals surface area (Å²) in [6, 6.07) is 0.108. The predicted octanol–water partition coefficient (Wildman–Crippen LogP) is -0.113. The summed E-state index contributed by atoms with van der Waals surface area (Å²) in [5.74, 6) is 0.654. The minimum atomic E-state index is -0.348. The zero-order valence-electron chi connectivity index (χ0n) is 9.06. The van der Waals surface area contributed by atoms with Gasteiger partial charge in [-0.25, -0.2) is 0 Å². The second-order valence-electron chi connectivity index (χ2n) is 4.79. The summed E-state index contributed by atoms with van der Waals surface area (Å²) in [5.41, 5.74) is 0. The Morgan fingerprint density at radius 1 is 1.07 bits per heavy atom. The van der Waals surface area contributed by atoms with Crippen molar-refractivity contribution in [2.75, 3.05) is 19.8 Å². The summed E-state index contributed by atoms with van der Waals surface area (Å²) < 4.78 is 5.17. The van der Waals surface area contributed by atoms with E-state index >= 15 is 0 Å². The second kappa shape index (κ2) is 5.25. The van der Waals surface area contributed by atoms with Gasteiger partial charge in [0.05, 0.1) is 31.5 Å². The third kappa shape index (κ3) is 3.14. The normalized spacial score (nSPS) is 42.0. The maximum atomic E-state index is 9.53. The van der Waals surface area contributed by atoms with Gasteiger partial charge < -0.3 is 20.3 Å². The fourth-order valence-corrected chi connectivity index (χ4v) is 2.40. The summed E-state index contributed by atoms with van der Waals surface area (Å²) >= 11 is 0. The molecule has 88 valence electrons. The average molecular weight is 215 g/mol. The molecule has 0 spiro atoms. The van der Waals surface area contributed by atoms with Gasteiger partial charge in [0.1, 0.15) is 0 Å². The molecule has 4 nitrogen and oxygen atoms in total. The van der Waals surface area contributed by atoms with E-state index in [1.165, 1.54) is 0 Å². The zero-order chi connectivity index (χ0) is 10.7. The maximum Gasteiger partial charge on any atom is 0.0948 e. The minimum absolute atomic E-state index is 0.0818. The van der Waals surface area contributed by atoms with E-state index in [0.29, 0.717) is 19.1 Å². The number of nitrogens with one attached hydrogen (secondary N) is 1. The molecule has 3 N–H and O–H groups in total. The average Bonchev–Trinajstić information content (AvgIpc) is 2.63. The molecule has 0 aromatic rings. The Balaban J connectivity index is 1.65. The second-order valence-corrected chi connectivity index (χ2v) is 4.79. The molecule has 2 fully saturated rings. The molecule has 2 atom stereocenters. The molecule has 4 heteroatoms. The van der Waals surface area contributed by atoms with Gasteiger partial charge in [-0.2, -0.15) is 0 Å².